The predicted octanol–water partition coefficient (Wildman–Crippen LogP) is 5.10. The van der Waals surface area contributed by atoms with Gasteiger partial charge in [0.15, 0.2) is 0 Å². The number of nitrogens with zero attached hydrogens (tertiary/aromatic N) is 1. The summed E-state index contributed by atoms with van der Waals surface area (Å²) in [4.78, 5) is 23.6. The van der Waals surface area contributed by atoms with Gasteiger partial charge in [0, 0.05) is 15.7 Å². The first-order chi connectivity index (χ1) is 13.4. The van der Waals surface area contributed by atoms with Crippen LogP contribution in [0, 0.1) is 0 Å². The molecule has 0 spiro atoms. The zero-order valence-corrected chi connectivity index (χ0v) is 17.2. The van der Waals surface area contributed by atoms with Gasteiger partial charge in [0.05, 0.1) is 16.3 Å². The number of nitrogens with one attached hydrogen (secondary N) is 2. The lowest BCUT2D eigenvalue weighted by molar-refractivity contribution is -0.136. The number of benzene rings is 2. The van der Waals surface area contributed by atoms with Gasteiger partial charge in [-0.05, 0) is 54.6 Å². The average molecular weight is 481 g/mol. The molecule has 28 heavy (non-hydrogen) atoms. The molecule has 2 amide bonds. The van der Waals surface area contributed by atoms with Crippen LogP contribution in [0.4, 0.5) is 5.69 Å². The molecule has 0 atom stereocenters. The van der Waals surface area contributed by atoms with Crippen molar-refractivity contribution in [2.45, 2.75) is 0 Å². The van der Waals surface area contributed by atoms with Gasteiger partial charge in [0.25, 0.3) is 0 Å². The zero-order valence-electron chi connectivity index (χ0n) is 14.1. The Morgan fingerprint density at radius 2 is 1.71 bits per heavy atom. The monoisotopic (exact) mass is 479 g/mol. The van der Waals surface area contributed by atoms with Crippen LogP contribution in [0.1, 0.15) is 5.76 Å². The summed E-state index contributed by atoms with van der Waals surface area (Å²) in [5.74, 6) is -0.806. The summed E-state index contributed by atoms with van der Waals surface area (Å²) in [5.41, 5.74) is 3.37. The summed E-state index contributed by atoms with van der Waals surface area (Å²) < 4.78 is 6.47. The number of amides is 2. The molecule has 0 aliphatic rings. The number of furan rings is 1. The van der Waals surface area contributed by atoms with E-state index in [-0.39, 0.29) is 0 Å². The molecule has 0 unspecified atom stereocenters. The van der Waals surface area contributed by atoms with Crippen molar-refractivity contribution in [3.8, 4) is 11.3 Å². The molecule has 142 valence electrons. The molecular formula is C19H12BrCl2N3O3. The number of carbonyl (C=O) groups excluding carboxylic acids is 2. The largest absolute Gasteiger partial charge is 0.455 e. The smallest absolute Gasteiger partial charge is 0.329 e. The summed E-state index contributed by atoms with van der Waals surface area (Å²) in [6, 6.07) is 15.3. The van der Waals surface area contributed by atoms with E-state index in [4.69, 9.17) is 27.6 Å². The Balaban J connectivity index is 1.57. The van der Waals surface area contributed by atoms with Crippen molar-refractivity contribution >= 4 is 62.8 Å². The second kappa shape index (κ2) is 9.05. The minimum atomic E-state index is -0.907. The van der Waals surface area contributed by atoms with Gasteiger partial charge >= 0.3 is 11.8 Å². The van der Waals surface area contributed by atoms with E-state index in [1.165, 1.54) is 6.21 Å². The van der Waals surface area contributed by atoms with Gasteiger partial charge in [-0.25, -0.2) is 5.43 Å². The average Bonchev–Trinajstić information content (AvgIpc) is 3.14. The summed E-state index contributed by atoms with van der Waals surface area (Å²) in [5, 5.41) is 7.04. The van der Waals surface area contributed by atoms with Gasteiger partial charge in [-0.2, -0.15) is 5.10 Å². The minimum Gasteiger partial charge on any atom is -0.455 e. The normalized spacial score (nSPS) is 10.8. The van der Waals surface area contributed by atoms with Crippen LogP contribution in [0.2, 0.25) is 10.0 Å². The number of anilines is 1. The third-order valence-electron chi connectivity index (χ3n) is 3.50. The van der Waals surface area contributed by atoms with Crippen molar-refractivity contribution in [3.05, 3.63) is 74.9 Å². The van der Waals surface area contributed by atoms with Gasteiger partial charge < -0.3 is 9.73 Å². The van der Waals surface area contributed by atoms with E-state index in [1.807, 2.05) is 0 Å². The highest BCUT2D eigenvalue weighted by Gasteiger charge is 2.13. The van der Waals surface area contributed by atoms with Crippen molar-refractivity contribution < 1.29 is 14.0 Å². The highest BCUT2D eigenvalue weighted by atomic mass is 79.9. The third kappa shape index (κ3) is 5.22. The Bertz CT molecular complexity index is 1050. The quantitative estimate of drug-likeness (QED) is 0.309. The summed E-state index contributed by atoms with van der Waals surface area (Å²) in [6.07, 6.45) is 1.28. The van der Waals surface area contributed by atoms with Crippen LogP contribution >= 0.6 is 39.1 Å². The molecule has 1 aromatic heterocycles. The Kier molecular flexibility index (Phi) is 6.51. The first-order valence-corrected chi connectivity index (χ1v) is 9.42. The molecule has 3 aromatic rings. The van der Waals surface area contributed by atoms with E-state index in [0.717, 1.165) is 10.0 Å². The standard InChI is InChI=1S/C19H12BrCl2N3O3/c20-12-2-4-13(5-3-12)24-18(26)19(27)25-23-10-14-6-8-17(28-14)11-1-7-15(21)16(22)9-11/h1-10H,(H,24,26)(H,25,27)/b23-10+. The fourth-order valence-electron chi connectivity index (χ4n) is 2.15. The van der Waals surface area contributed by atoms with Crippen LogP contribution in [0.25, 0.3) is 11.3 Å². The van der Waals surface area contributed by atoms with E-state index < -0.39 is 11.8 Å². The molecule has 0 saturated carbocycles. The molecule has 0 saturated heterocycles. The maximum atomic E-state index is 11.8. The molecule has 0 fully saturated rings. The molecule has 2 aromatic carbocycles. The molecule has 9 heteroatoms. The van der Waals surface area contributed by atoms with E-state index in [1.54, 1.807) is 54.6 Å². The zero-order chi connectivity index (χ0) is 20.1. The van der Waals surface area contributed by atoms with Gasteiger partial charge in [0.2, 0.25) is 0 Å². The van der Waals surface area contributed by atoms with Crippen LogP contribution in [-0.4, -0.2) is 18.0 Å². The number of hydrogen-bond acceptors (Lipinski definition) is 4. The van der Waals surface area contributed by atoms with Gasteiger partial charge in [-0.15, -0.1) is 0 Å². The molecule has 1 heterocycles. The lowest BCUT2D eigenvalue weighted by Gasteiger charge is -2.03. The Labute approximate surface area is 178 Å². The summed E-state index contributed by atoms with van der Waals surface area (Å²) in [6.45, 7) is 0. The molecule has 2 N–H and O–H groups in total. The van der Waals surface area contributed by atoms with Crippen molar-refractivity contribution in [2.24, 2.45) is 5.10 Å². The highest BCUT2D eigenvalue weighted by molar-refractivity contribution is 9.10. The number of carbonyl (C=O) groups is 2. The second-order valence-electron chi connectivity index (χ2n) is 5.49. The molecule has 0 aliphatic heterocycles. The Hall–Kier alpha value is -2.61. The molecule has 0 bridgehead atoms. The Morgan fingerprint density at radius 3 is 2.43 bits per heavy atom. The first kappa shape index (κ1) is 20.1. The maximum Gasteiger partial charge on any atom is 0.329 e. The summed E-state index contributed by atoms with van der Waals surface area (Å²) in [7, 11) is 0. The molecule has 0 aliphatic carbocycles. The lowest BCUT2D eigenvalue weighted by Crippen LogP contribution is -2.32. The van der Waals surface area contributed by atoms with Gasteiger partial charge in [-0.3, -0.25) is 9.59 Å². The van der Waals surface area contributed by atoms with Crippen LogP contribution in [-0.2, 0) is 9.59 Å². The second-order valence-corrected chi connectivity index (χ2v) is 7.22. The number of rotatable bonds is 4. The van der Waals surface area contributed by atoms with Crippen LogP contribution in [0.15, 0.2) is 68.6 Å². The molecule has 6 nitrogen and oxygen atoms in total. The van der Waals surface area contributed by atoms with E-state index >= 15 is 0 Å². The maximum absolute atomic E-state index is 11.8. The minimum absolute atomic E-state index is 0.384. The van der Waals surface area contributed by atoms with Gasteiger partial charge in [-0.1, -0.05) is 39.1 Å². The van der Waals surface area contributed by atoms with Crippen molar-refractivity contribution in [3.63, 3.8) is 0 Å². The van der Waals surface area contributed by atoms with E-state index in [2.05, 4.69) is 31.8 Å². The fraction of sp³-hybridized carbons (Fsp3) is 0. The number of hydrazone groups is 1. The third-order valence-corrected chi connectivity index (χ3v) is 4.76. The predicted molar refractivity (Wildman–Crippen MR) is 113 cm³/mol. The molecule has 0 radical (unpaired) electrons. The van der Waals surface area contributed by atoms with Gasteiger partial charge in [0.1, 0.15) is 11.5 Å². The topological polar surface area (TPSA) is 83.7 Å². The molecular weight excluding hydrogens is 469 g/mol. The lowest BCUT2D eigenvalue weighted by atomic mass is 10.2. The number of halogens is 3. The van der Waals surface area contributed by atoms with E-state index in [0.29, 0.717) is 27.3 Å². The van der Waals surface area contributed by atoms with Crippen molar-refractivity contribution in [2.75, 3.05) is 5.32 Å². The van der Waals surface area contributed by atoms with Crippen LogP contribution in [0.3, 0.4) is 0 Å². The van der Waals surface area contributed by atoms with Crippen LogP contribution in [0.5, 0.6) is 0 Å². The van der Waals surface area contributed by atoms with Crippen molar-refractivity contribution in [1.29, 1.82) is 0 Å². The fourth-order valence-corrected chi connectivity index (χ4v) is 2.72. The van der Waals surface area contributed by atoms with Crippen molar-refractivity contribution in [1.82, 2.24) is 5.43 Å². The van der Waals surface area contributed by atoms with E-state index in [9.17, 15) is 9.59 Å². The Morgan fingerprint density at radius 1 is 0.964 bits per heavy atom. The van der Waals surface area contributed by atoms with Crippen LogP contribution < -0.4 is 10.7 Å². The molecule has 3 rings (SSSR count). The number of hydrogen-bond donors (Lipinski definition) is 2. The first-order valence-electron chi connectivity index (χ1n) is 7.87. The highest BCUT2D eigenvalue weighted by Crippen LogP contribution is 2.29. The SMILES string of the molecule is O=C(N/N=C/c1ccc(-c2ccc(Cl)c(Cl)c2)o1)C(=O)Nc1ccc(Br)cc1. The summed E-state index contributed by atoms with van der Waals surface area (Å²) >= 11 is 15.2.